The van der Waals surface area contributed by atoms with Crippen LogP contribution in [0.5, 0.6) is 11.5 Å². The van der Waals surface area contributed by atoms with E-state index in [1.807, 2.05) is 36.4 Å². The Morgan fingerprint density at radius 3 is 2.37 bits per heavy atom. The second-order valence-electron chi connectivity index (χ2n) is 6.74. The number of benzene rings is 3. The molecule has 0 saturated heterocycles. The summed E-state index contributed by atoms with van der Waals surface area (Å²) in [5, 5.41) is 10.9. The highest BCUT2D eigenvalue weighted by atomic mass is 16.5. The van der Waals surface area contributed by atoms with Crippen molar-refractivity contribution >= 4 is 10.9 Å². The number of aromatic nitrogens is 1. The van der Waals surface area contributed by atoms with Gasteiger partial charge in [0, 0.05) is 18.5 Å². The van der Waals surface area contributed by atoms with Gasteiger partial charge in [-0.1, -0.05) is 37.3 Å². The summed E-state index contributed by atoms with van der Waals surface area (Å²) in [4.78, 5) is 0. The smallest absolute Gasteiger partial charge is 0.121 e. The van der Waals surface area contributed by atoms with Crippen molar-refractivity contribution in [2.24, 2.45) is 7.05 Å². The van der Waals surface area contributed by atoms with Crippen LogP contribution in [-0.4, -0.2) is 9.67 Å². The summed E-state index contributed by atoms with van der Waals surface area (Å²) in [6.45, 7) is 2.74. The fourth-order valence-electron chi connectivity index (χ4n) is 3.67. The molecule has 0 spiro atoms. The summed E-state index contributed by atoms with van der Waals surface area (Å²) >= 11 is 0. The number of phenols is 1. The maximum Gasteiger partial charge on any atom is 0.121 e. The van der Waals surface area contributed by atoms with Crippen LogP contribution in [0.15, 0.2) is 72.8 Å². The van der Waals surface area contributed by atoms with Crippen molar-refractivity contribution in [3.8, 4) is 22.8 Å². The molecule has 3 nitrogen and oxygen atoms in total. The molecule has 136 valence electrons. The minimum Gasteiger partial charge on any atom is -0.508 e. The van der Waals surface area contributed by atoms with Gasteiger partial charge in [0.25, 0.3) is 0 Å². The van der Waals surface area contributed by atoms with Crippen molar-refractivity contribution in [1.29, 1.82) is 0 Å². The number of fused-ring (bicyclic) bond motifs is 1. The third-order valence-electron chi connectivity index (χ3n) is 5.02. The zero-order chi connectivity index (χ0) is 18.8. The van der Waals surface area contributed by atoms with E-state index in [-0.39, 0.29) is 5.75 Å². The van der Waals surface area contributed by atoms with Gasteiger partial charge in [-0.15, -0.1) is 0 Å². The lowest BCUT2D eigenvalue weighted by molar-refractivity contribution is 0.306. The fourth-order valence-corrected chi connectivity index (χ4v) is 3.67. The average molecular weight is 357 g/mol. The molecule has 1 N–H and O–H groups in total. The van der Waals surface area contributed by atoms with Crippen LogP contribution in [0.25, 0.3) is 22.2 Å². The predicted octanol–water partition coefficient (Wildman–Crippen LogP) is 5.69. The predicted molar refractivity (Wildman–Crippen MR) is 110 cm³/mol. The summed E-state index contributed by atoms with van der Waals surface area (Å²) in [6, 6.07) is 23.9. The highest BCUT2D eigenvalue weighted by Crippen LogP contribution is 2.35. The molecule has 1 aromatic heterocycles. The molecule has 0 atom stereocenters. The van der Waals surface area contributed by atoms with E-state index in [1.165, 1.54) is 16.6 Å². The van der Waals surface area contributed by atoms with Gasteiger partial charge < -0.3 is 14.4 Å². The van der Waals surface area contributed by atoms with Crippen molar-refractivity contribution in [2.75, 3.05) is 0 Å². The Hall–Kier alpha value is -3.20. The summed E-state index contributed by atoms with van der Waals surface area (Å²) < 4.78 is 8.23. The first kappa shape index (κ1) is 17.2. The van der Waals surface area contributed by atoms with Crippen LogP contribution < -0.4 is 4.74 Å². The van der Waals surface area contributed by atoms with Crippen LogP contribution in [0.3, 0.4) is 0 Å². The van der Waals surface area contributed by atoms with Gasteiger partial charge in [0.15, 0.2) is 0 Å². The van der Waals surface area contributed by atoms with E-state index in [1.54, 1.807) is 12.1 Å². The molecule has 3 heteroatoms. The second kappa shape index (κ2) is 7.20. The molecule has 3 aromatic carbocycles. The van der Waals surface area contributed by atoms with Crippen LogP contribution in [-0.2, 0) is 20.1 Å². The minimum atomic E-state index is 0.284. The van der Waals surface area contributed by atoms with Gasteiger partial charge in [-0.25, -0.2) is 0 Å². The Kier molecular flexibility index (Phi) is 4.59. The van der Waals surface area contributed by atoms with Gasteiger partial charge in [-0.05, 0) is 59.5 Å². The van der Waals surface area contributed by atoms with E-state index in [9.17, 15) is 5.11 Å². The Morgan fingerprint density at radius 1 is 0.926 bits per heavy atom. The van der Waals surface area contributed by atoms with E-state index >= 15 is 0 Å². The monoisotopic (exact) mass is 357 g/mol. The number of aryl methyl sites for hydroxylation is 2. The number of ether oxygens (including phenoxy) is 1. The van der Waals surface area contributed by atoms with Crippen molar-refractivity contribution in [1.82, 2.24) is 4.57 Å². The highest BCUT2D eigenvalue weighted by Gasteiger charge is 2.16. The van der Waals surface area contributed by atoms with Crippen molar-refractivity contribution in [3.63, 3.8) is 0 Å². The largest absolute Gasteiger partial charge is 0.508 e. The molecule has 0 saturated carbocycles. The third kappa shape index (κ3) is 3.28. The molecule has 0 aliphatic rings. The van der Waals surface area contributed by atoms with E-state index in [2.05, 4.69) is 42.8 Å². The van der Waals surface area contributed by atoms with Crippen LogP contribution in [0, 0.1) is 0 Å². The molecule has 0 amide bonds. The van der Waals surface area contributed by atoms with E-state index in [0.29, 0.717) is 6.61 Å². The molecule has 1 heterocycles. The number of rotatable bonds is 5. The molecule has 4 aromatic rings. The zero-order valence-electron chi connectivity index (χ0n) is 15.6. The van der Waals surface area contributed by atoms with E-state index in [0.717, 1.165) is 28.8 Å². The van der Waals surface area contributed by atoms with Crippen molar-refractivity contribution in [3.05, 3.63) is 83.9 Å². The van der Waals surface area contributed by atoms with E-state index in [4.69, 9.17) is 4.74 Å². The molecule has 0 radical (unpaired) electrons. The zero-order valence-corrected chi connectivity index (χ0v) is 15.6. The summed E-state index contributed by atoms with van der Waals surface area (Å²) in [5.74, 6) is 1.15. The maximum atomic E-state index is 9.61. The van der Waals surface area contributed by atoms with Gasteiger partial charge in [-0.3, -0.25) is 0 Å². The third-order valence-corrected chi connectivity index (χ3v) is 5.02. The molecule has 4 rings (SSSR count). The van der Waals surface area contributed by atoms with Gasteiger partial charge in [0.05, 0.1) is 11.2 Å². The normalized spacial score (nSPS) is 11.0. The first-order valence-electron chi connectivity index (χ1n) is 9.25. The van der Waals surface area contributed by atoms with Crippen LogP contribution in [0.1, 0.15) is 18.1 Å². The molecule has 0 aliphatic heterocycles. The Balaban J connectivity index is 1.73. The molecule has 0 unspecified atom stereocenters. The lowest BCUT2D eigenvalue weighted by atomic mass is 10.0. The van der Waals surface area contributed by atoms with Crippen LogP contribution in [0.2, 0.25) is 0 Å². The van der Waals surface area contributed by atoms with Crippen LogP contribution in [0.4, 0.5) is 0 Å². The molecular formula is C24H23NO2. The summed E-state index contributed by atoms with van der Waals surface area (Å²) in [5.41, 5.74) is 5.92. The summed E-state index contributed by atoms with van der Waals surface area (Å²) in [7, 11) is 2.09. The first-order valence-corrected chi connectivity index (χ1v) is 9.25. The lowest BCUT2D eigenvalue weighted by Crippen LogP contribution is -1.96. The van der Waals surface area contributed by atoms with Gasteiger partial charge in [0.1, 0.15) is 18.1 Å². The van der Waals surface area contributed by atoms with Crippen LogP contribution >= 0.6 is 0 Å². The van der Waals surface area contributed by atoms with Crippen molar-refractivity contribution in [2.45, 2.75) is 20.0 Å². The lowest BCUT2D eigenvalue weighted by Gasteiger charge is -2.08. The number of nitrogens with zero attached hydrogens (tertiary/aromatic N) is 1. The fraction of sp³-hybridized carbons (Fsp3) is 0.167. The van der Waals surface area contributed by atoms with Crippen molar-refractivity contribution < 1.29 is 9.84 Å². The van der Waals surface area contributed by atoms with Gasteiger partial charge >= 0.3 is 0 Å². The second-order valence-corrected chi connectivity index (χ2v) is 6.74. The molecule has 0 bridgehead atoms. The Bertz CT molecular complexity index is 1060. The number of hydrogen-bond donors (Lipinski definition) is 1. The van der Waals surface area contributed by atoms with Gasteiger partial charge in [-0.2, -0.15) is 0 Å². The standard InChI is InChI=1S/C24H23NO2/c1-3-21-22-14-13-20(27-16-17-7-5-4-6-8-17)15-23(22)25(2)24(21)18-9-11-19(26)12-10-18/h4-15,26H,3,16H2,1-2H3. The summed E-state index contributed by atoms with van der Waals surface area (Å²) in [6.07, 6.45) is 0.942. The number of phenolic OH excluding ortho intramolecular Hbond substituents is 1. The Morgan fingerprint density at radius 2 is 1.67 bits per heavy atom. The SMILES string of the molecule is CCc1c(-c2ccc(O)cc2)n(C)c2cc(OCc3ccccc3)ccc12. The number of hydrogen-bond acceptors (Lipinski definition) is 2. The topological polar surface area (TPSA) is 34.4 Å². The molecule has 0 fully saturated rings. The molecule has 0 aliphatic carbocycles. The molecular weight excluding hydrogens is 334 g/mol. The quantitative estimate of drug-likeness (QED) is 0.498. The number of aromatic hydroxyl groups is 1. The maximum absolute atomic E-state index is 9.61. The highest BCUT2D eigenvalue weighted by molar-refractivity contribution is 5.92. The van der Waals surface area contributed by atoms with Gasteiger partial charge in [0.2, 0.25) is 0 Å². The van der Waals surface area contributed by atoms with E-state index < -0.39 is 0 Å². The Labute approximate surface area is 159 Å². The average Bonchev–Trinajstić information content (AvgIpc) is 2.99. The molecule has 27 heavy (non-hydrogen) atoms. The first-order chi connectivity index (χ1) is 13.2. The minimum absolute atomic E-state index is 0.284.